The van der Waals surface area contributed by atoms with Gasteiger partial charge in [0.15, 0.2) is 4.80 Å². The average molecular weight is 552 g/mol. The van der Waals surface area contributed by atoms with Crippen molar-refractivity contribution in [3.05, 3.63) is 57.3 Å². The van der Waals surface area contributed by atoms with Crippen LogP contribution < -0.4 is 4.80 Å². The van der Waals surface area contributed by atoms with Crippen molar-refractivity contribution in [2.24, 2.45) is 4.99 Å². The zero-order chi connectivity index (χ0) is 26.5. The first-order valence-corrected chi connectivity index (χ1v) is 14.4. The molecule has 0 aliphatic rings. The Morgan fingerprint density at radius 2 is 1.69 bits per heavy atom. The van der Waals surface area contributed by atoms with E-state index in [1.807, 2.05) is 26.8 Å². The molecular weight excluding hydrogens is 522 g/mol. The number of esters is 1. The first-order chi connectivity index (χ1) is 17.1. The molecule has 0 saturated carbocycles. The largest absolute Gasteiger partial charge is 0.465 e. The van der Waals surface area contributed by atoms with Crippen molar-refractivity contribution in [2.75, 3.05) is 19.7 Å². The van der Waals surface area contributed by atoms with Crippen LogP contribution in [-0.2, 0) is 26.1 Å². The van der Waals surface area contributed by atoms with Gasteiger partial charge in [0.2, 0.25) is 10.0 Å². The van der Waals surface area contributed by atoms with Gasteiger partial charge in [0.1, 0.15) is 6.54 Å². The van der Waals surface area contributed by atoms with Crippen molar-refractivity contribution in [2.45, 2.75) is 52.0 Å². The Labute approximate surface area is 220 Å². The Morgan fingerprint density at radius 3 is 2.28 bits per heavy atom. The quantitative estimate of drug-likeness (QED) is 0.338. The molecule has 2 aromatic carbocycles. The Balaban J connectivity index is 2.01. The minimum atomic E-state index is -3.65. The van der Waals surface area contributed by atoms with Crippen molar-refractivity contribution >= 4 is 55.1 Å². The number of sulfonamides is 1. The number of carbonyl (C=O) groups is 2. The van der Waals surface area contributed by atoms with Crippen LogP contribution in [0.3, 0.4) is 0 Å². The van der Waals surface area contributed by atoms with E-state index in [2.05, 4.69) is 4.99 Å². The molecule has 3 aromatic rings. The molecule has 1 aromatic heterocycles. The zero-order valence-corrected chi connectivity index (χ0v) is 23.2. The number of fused-ring (bicyclic) bond motifs is 1. The van der Waals surface area contributed by atoms with Crippen LogP contribution in [0.25, 0.3) is 10.2 Å². The number of ether oxygens (including phenoxy) is 1. The number of amides is 1. The van der Waals surface area contributed by atoms with Crippen molar-refractivity contribution in [1.82, 2.24) is 8.87 Å². The van der Waals surface area contributed by atoms with Crippen LogP contribution in [0.4, 0.5) is 0 Å². The number of carbonyl (C=O) groups excluding carboxylic acids is 2. The fourth-order valence-electron chi connectivity index (χ4n) is 3.80. The monoisotopic (exact) mass is 551 g/mol. The molecule has 0 atom stereocenters. The fraction of sp³-hybridized carbons (Fsp3) is 0.400. The van der Waals surface area contributed by atoms with Crippen LogP contribution >= 0.6 is 22.9 Å². The van der Waals surface area contributed by atoms with Gasteiger partial charge in [-0.15, -0.1) is 0 Å². The summed E-state index contributed by atoms with van der Waals surface area (Å²) in [6.45, 7) is 8.39. The number of nitrogens with zero attached hydrogens (tertiary/aromatic N) is 3. The smallest absolute Gasteiger partial charge is 0.326 e. The predicted molar refractivity (Wildman–Crippen MR) is 142 cm³/mol. The third-order valence-corrected chi connectivity index (χ3v) is 8.87. The summed E-state index contributed by atoms with van der Waals surface area (Å²) in [6.07, 6.45) is 1.42. The standard InChI is InChI=1S/C25H30ClN3O5S2/c1-5-14-28(15-6-2)36(32,33)19-10-8-18(9-11-19)24(31)27-25-29(16-22(30)34-7-3)23-17(4)20(26)12-13-21(23)35-25/h8-13H,5-7,14-16H2,1-4H3. The lowest BCUT2D eigenvalue weighted by atomic mass is 10.2. The second-order valence-corrected chi connectivity index (χ2v) is 11.5. The molecule has 0 aliphatic carbocycles. The van der Waals surface area contributed by atoms with Gasteiger partial charge in [0, 0.05) is 23.7 Å². The van der Waals surface area contributed by atoms with E-state index in [1.54, 1.807) is 17.6 Å². The van der Waals surface area contributed by atoms with Crippen molar-refractivity contribution < 1.29 is 22.7 Å². The fourth-order valence-corrected chi connectivity index (χ4v) is 6.67. The molecule has 11 heteroatoms. The summed E-state index contributed by atoms with van der Waals surface area (Å²) in [6, 6.07) is 9.35. The van der Waals surface area contributed by atoms with Gasteiger partial charge in [-0.2, -0.15) is 9.30 Å². The van der Waals surface area contributed by atoms with E-state index in [4.69, 9.17) is 16.3 Å². The second-order valence-electron chi connectivity index (χ2n) is 8.14. The van der Waals surface area contributed by atoms with E-state index >= 15 is 0 Å². The summed E-state index contributed by atoms with van der Waals surface area (Å²) in [5.74, 6) is -1.01. The number of aryl methyl sites for hydroxylation is 1. The van der Waals surface area contributed by atoms with Crippen molar-refractivity contribution in [3.63, 3.8) is 0 Å². The van der Waals surface area contributed by atoms with E-state index in [0.29, 0.717) is 41.3 Å². The summed E-state index contributed by atoms with van der Waals surface area (Å²) >= 11 is 7.57. The van der Waals surface area contributed by atoms with Crippen LogP contribution in [0, 0.1) is 6.92 Å². The lowest BCUT2D eigenvalue weighted by molar-refractivity contribution is -0.143. The third kappa shape index (κ3) is 6.05. The molecule has 8 nitrogen and oxygen atoms in total. The number of hydrogen-bond acceptors (Lipinski definition) is 6. The Hall–Kier alpha value is -2.53. The van der Waals surface area contributed by atoms with Gasteiger partial charge in [-0.1, -0.05) is 36.8 Å². The first kappa shape index (κ1) is 28.0. The van der Waals surface area contributed by atoms with E-state index in [1.165, 1.54) is 39.9 Å². The van der Waals surface area contributed by atoms with Crippen LogP contribution in [0.5, 0.6) is 0 Å². The molecule has 0 spiro atoms. The average Bonchev–Trinajstić information content (AvgIpc) is 3.18. The third-order valence-electron chi connectivity index (χ3n) is 5.50. The van der Waals surface area contributed by atoms with Gasteiger partial charge < -0.3 is 9.30 Å². The zero-order valence-electron chi connectivity index (χ0n) is 20.8. The van der Waals surface area contributed by atoms with Crippen LogP contribution in [0.15, 0.2) is 46.3 Å². The summed E-state index contributed by atoms with van der Waals surface area (Å²) in [7, 11) is -3.65. The maximum absolute atomic E-state index is 13.0. The highest BCUT2D eigenvalue weighted by Gasteiger charge is 2.23. The maximum atomic E-state index is 13.0. The van der Waals surface area contributed by atoms with Gasteiger partial charge in [-0.05, 0) is 68.7 Å². The Kier molecular flexibility index (Phi) is 9.46. The van der Waals surface area contributed by atoms with Gasteiger partial charge in [0.05, 0.1) is 21.7 Å². The lowest BCUT2D eigenvalue weighted by Gasteiger charge is -2.21. The number of benzene rings is 2. The van der Waals surface area contributed by atoms with Crippen molar-refractivity contribution in [3.8, 4) is 0 Å². The van der Waals surface area contributed by atoms with E-state index < -0.39 is 21.9 Å². The number of rotatable bonds is 10. The predicted octanol–water partition coefficient (Wildman–Crippen LogP) is 4.78. The minimum Gasteiger partial charge on any atom is -0.465 e. The van der Waals surface area contributed by atoms with Gasteiger partial charge >= 0.3 is 5.97 Å². The summed E-state index contributed by atoms with van der Waals surface area (Å²) in [5, 5.41) is 0.535. The molecule has 0 bridgehead atoms. The highest BCUT2D eigenvalue weighted by Crippen LogP contribution is 2.27. The maximum Gasteiger partial charge on any atom is 0.326 e. The number of halogens is 1. The van der Waals surface area contributed by atoms with E-state index in [0.717, 1.165) is 10.3 Å². The molecule has 0 fully saturated rings. The molecular formula is C25H30ClN3O5S2. The topological polar surface area (TPSA) is 98.0 Å². The summed E-state index contributed by atoms with van der Waals surface area (Å²) < 4.78 is 35.0. The van der Waals surface area contributed by atoms with Crippen LogP contribution in [0.2, 0.25) is 5.02 Å². The van der Waals surface area contributed by atoms with Crippen LogP contribution in [0.1, 0.15) is 49.5 Å². The molecule has 36 heavy (non-hydrogen) atoms. The molecule has 194 valence electrons. The molecule has 3 rings (SSSR count). The number of thiazole rings is 1. The molecule has 0 aliphatic heterocycles. The van der Waals surface area contributed by atoms with Crippen molar-refractivity contribution in [1.29, 1.82) is 0 Å². The van der Waals surface area contributed by atoms with E-state index in [-0.39, 0.29) is 23.6 Å². The van der Waals surface area contributed by atoms with Gasteiger partial charge in [-0.3, -0.25) is 9.59 Å². The molecule has 1 heterocycles. The summed E-state index contributed by atoms with van der Waals surface area (Å²) in [5.41, 5.74) is 1.71. The highest BCUT2D eigenvalue weighted by atomic mass is 35.5. The lowest BCUT2D eigenvalue weighted by Crippen LogP contribution is -2.32. The highest BCUT2D eigenvalue weighted by molar-refractivity contribution is 7.89. The summed E-state index contributed by atoms with van der Waals surface area (Å²) in [4.78, 5) is 30.0. The molecule has 1 amide bonds. The molecule has 0 N–H and O–H groups in total. The molecule has 0 unspecified atom stereocenters. The number of hydrogen-bond donors (Lipinski definition) is 0. The Morgan fingerprint density at radius 1 is 1.06 bits per heavy atom. The first-order valence-electron chi connectivity index (χ1n) is 11.8. The van der Waals surface area contributed by atoms with Gasteiger partial charge in [-0.25, -0.2) is 8.42 Å². The molecule has 0 saturated heterocycles. The minimum absolute atomic E-state index is 0.122. The molecule has 0 radical (unpaired) electrons. The second kappa shape index (κ2) is 12.1. The Bertz CT molecular complexity index is 1420. The SMILES string of the molecule is CCCN(CCC)S(=O)(=O)c1ccc(C(=O)N=c2sc3ccc(Cl)c(C)c3n2CC(=O)OCC)cc1. The normalized spacial score (nSPS) is 12.4. The van der Waals surface area contributed by atoms with E-state index in [9.17, 15) is 18.0 Å². The van der Waals surface area contributed by atoms with Crippen LogP contribution in [-0.4, -0.2) is 48.9 Å². The number of aromatic nitrogens is 1. The van der Waals surface area contributed by atoms with Gasteiger partial charge in [0.25, 0.3) is 5.91 Å².